The van der Waals surface area contributed by atoms with Crippen LogP contribution in [0.5, 0.6) is 0 Å². The number of aliphatic hydroxyl groups excluding tert-OH is 2. The van der Waals surface area contributed by atoms with Crippen molar-refractivity contribution in [2.75, 3.05) is 19.8 Å². The Balaban J connectivity index is 1.19. The van der Waals surface area contributed by atoms with Crippen LogP contribution in [0.15, 0.2) is 0 Å². The van der Waals surface area contributed by atoms with Gasteiger partial charge < -0.3 is 30.3 Å². The van der Waals surface area contributed by atoms with Crippen LogP contribution in [0, 0.1) is 45.3 Å². The van der Waals surface area contributed by atoms with E-state index in [0.717, 1.165) is 38.5 Å². The lowest BCUT2D eigenvalue weighted by molar-refractivity contribution is -0.166. The van der Waals surface area contributed by atoms with Crippen molar-refractivity contribution in [3.63, 3.8) is 0 Å². The van der Waals surface area contributed by atoms with Crippen LogP contribution in [-0.4, -0.2) is 76.8 Å². The summed E-state index contributed by atoms with van der Waals surface area (Å²) in [6, 6.07) is 0.137. The van der Waals surface area contributed by atoms with E-state index in [2.05, 4.69) is 27.7 Å². The number of nitrogens with zero attached hydrogens (tertiary/aromatic N) is 1. The predicted molar refractivity (Wildman–Crippen MR) is 143 cm³/mol. The van der Waals surface area contributed by atoms with Crippen LogP contribution < -0.4 is 5.73 Å². The zero-order chi connectivity index (χ0) is 27.0. The lowest BCUT2D eigenvalue weighted by atomic mass is 9.43. The molecule has 12 atom stereocenters. The predicted octanol–water partition coefficient (Wildman–Crippen LogP) is 3.10. The van der Waals surface area contributed by atoms with Gasteiger partial charge in [-0.25, -0.2) is 0 Å². The third kappa shape index (κ3) is 2.91. The molecule has 2 aliphatic heterocycles. The number of fused-ring (bicyclic) bond motifs is 4. The van der Waals surface area contributed by atoms with Gasteiger partial charge in [0, 0.05) is 13.5 Å². The van der Waals surface area contributed by atoms with E-state index in [9.17, 15) is 15.0 Å². The molecule has 0 aromatic heterocycles. The van der Waals surface area contributed by atoms with Gasteiger partial charge in [-0.3, -0.25) is 4.79 Å². The van der Waals surface area contributed by atoms with Gasteiger partial charge in [0.05, 0.1) is 49.2 Å². The van der Waals surface area contributed by atoms with Crippen molar-refractivity contribution >= 4 is 5.91 Å². The molecule has 5 saturated carbocycles. The highest BCUT2D eigenvalue weighted by atomic mass is 16.5. The third-order valence-corrected chi connectivity index (χ3v) is 14.2. The number of aliphatic hydroxyl groups is 2. The number of hydrogen-bond acceptors (Lipinski definition) is 6. The van der Waals surface area contributed by atoms with Crippen LogP contribution in [0.4, 0.5) is 0 Å². The fourth-order valence-corrected chi connectivity index (χ4v) is 12.3. The minimum atomic E-state index is -0.695. The van der Waals surface area contributed by atoms with Crippen molar-refractivity contribution in [2.24, 2.45) is 51.1 Å². The number of nitrogens with two attached hydrogens (primary N) is 1. The monoisotopic (exact) mass is 530 g/mol. The highest BCUT2D eigenvalue weighted by Crippen LogP contribution is 2.87. The van der Waals surface area contributed by atoms with E-state index in [1.54, 1.807) is 6.92 Å². The fourth-order valence-electron chi connectivity index (χ4n) is 12.3. The van der Waals surface area contributed by atoms with Gasteiger partial charge in [-0.05, 0) is 96.7 Å². The van der Waals surface area contributed by atoms with E-state index < -0.39 is 11.6 Å². The molecule has 7 heteroatoms. The first-order valence-corrected chi connectivity index (χ1v) is 15.5. The molecule has 0 aromatic carbocycles. The average Bonchev–Trinajstić information content (AvgIpc) is 3.45. The van der Waals surface area contributed by atoms with Gasteiger partial charge in [0.2, 0.25) is 5.91 Å². The van der Waals surface area contributed by atoms with Crippen LogP contribution in [0.25, 0.3) is 0 Å². The van der Waals surface area contributed by atoms with Crippen LogP contribution >= 0.6 is 0 Å². The molecular formula is C31H50N2O5. The summed E-state index contributed by atoms with van der Waals surface area (Å²) < 4.78 is 12.2. The summed E-state index contributed by atoms with van der Waals surface area (Å²) in [5.74, 6) is 1.50. The Hall–Kier alpha value is -0.730. The van der Waals surface area contributed by atoms with Crippen LogP contribution in [0.2, 0.25) is 0 Å². The number of rotatable bonds is 3. The van der Waals surface area contributed by atoms with Crippen molar-refractivity contribution in [3.8, 4) is 0 Å². The Kier molecular flexibility index (Phi) is 5.49. The van der Waals surface area contributed by atoms with E-state index in [1.807, 2.05) is 4.90 Å². The first-order valence-electron chi connectivity index (χ1n) is 15.5. The quantitative estimate of drug-likeness (QED) is 0.518. The minimum absolute atomic E-state index is 0.0591. The van der Waals surface area contributed by atoms with Gasteiger partial charge in [-0.2, -0.15) is 0 Å². The molecule has 0 bridgehead atoms. The van der Waals surface area contributed by atoms with Crippen molar-refractivity contribution in [2.45, 2.75) is 122 Å². The average molecular weight is 531 g/mol. The summed E-state index contributed by atoms with van der Waals surface area (Å²) in [5, 5.41) is 23.1. The second kappa shape index (κ2) is 7.96. The molecule has 7 aliphatic rings. The Labute approximate surface area is 228 Å². The van der Waals surface area contributed by atoms with E-state index in [0.29, 0.717) is 37.5 Å². The van der Waals surface area contributed by atoms with Gasteiger partial charge in [0.25, 0.3) is 0 Å². The molecule has 2 spiro atoms. The van der Waals surface area contributed by atoms with Crippen LogP contribution in [0.3, 0.4) is 0 Å². The van der Waals surface area contributed by atoms with E-state index >= 15 is 0 Å². The van der Waals surface area contributed by atoms with E-state index in [4.69, 9.17) is 15.2 Å². The Morgan fingerprint density at radius 3 is 2.37 bits per heavy atom. The molecule has 7 rings (SSSR count). The van der Waals surface area contributed by atoms with Crippen molar-refractivity contribution in [1.29, 1.82) is 0 Å². The summed E-state index contributed by atoms with van der Waals surface area (Å²) in [6.45, 7) is 12.7. The van der Waals surface area contributed by atoms with Gasteiger partial charge in [0.1, 0.15) is 0 Å². The van der Waals surface area contributed by atoms with Crippen LogP contribution in [-0.2, 0) is 14.3 Å². The molecule has 4 N–H and O–H groups in total. The lowest BCUT2D eigenvalue weighted by Crippen LogP contribution is -2.70. The highest BCUT2D eigenvalue weighted by molar-refractivity contribution is 5.73. The third-order valence-electron chi connectivity index (χ3n) is 14.2. The molecule has 214 valence electrons. The molecule has 2 heterocycles. The summed E-state index contributed by atoms with van der Waals surface area (Å²) in [7, 11) is 0. The fraction of sp³-hybridized carbons (Fsp3) is 0.968. The second-order valence-corrected chi connectivity index (χ2v) is 15.7. The number of carbonyl (C=O) groups is 1. The maximum Gasteiger partial charge on any atom is 0.219 e. The van der Waals surface area contributed by atoms with Gasteiger partial charge >= 0.3 is 0 Å². The number of amides is 1. The molecule has 7 nitrogen and oxygen atoms in total. The second-order valence-electron chi connectivity index (χ2n) is 15.7. The highest BCUT2D eigenvalue weighted by Gasteiger charge is 2.85. The summed E-state index contributed by atoms with van der Waals surface area (Å²) in [6.07, 6.45) is 7.22. The molecule has 2 saturated heterocycles. The Bertz CT molecular complexity index is 1020. The molecule has 5 aliphatic carbocycles. The molecule has 1 amide bonds. The number of hydrogen-bond donors (Lipinski definition) is 3. The molecular weight excluding hydrogens is 480 g/mol. The van der Waals surface area contributed by atoms with Crippen LogP contribution in [0.1, 0.15) is 86.0 Å². The maximum atomic E-state index is 12.4. The largest absolute Gasteiger partial charge is 0.393 e. The van der Waals surface area contributed by atoms with Crippen molar-refractivity contribution in [1.82, 2.24) is 4.90 Å². The topological polar surface area (TPSA) is 105 Å². The summed E-state index contributed by atoms with van der Waals surface area (Å²) in [4.78, 5) is 14.4. The molecule has 0 aromatic rings. The van der Waals surface area contributed by atoms with Crippen molar-refractivity contribution < 1.29 is 24.5 Å². The molecule has 38 heavy (non-hydrogen) atoms. The first kappa shape index (κ1) is 26.2. The number of carbonyl (C=O) groups excluding carboxylic acids is 1. The number of ether oxygens (including phenoxy) is 2. The maximum absolute atomic E-state index is 12.4. The van der Waals surface area contributed by atoms with Gasteiger partial charge in [-0.15, -0.1) is 0 Å². The minimum Gasteiger partial charge on any atom is -0.393 e. The zero-order valence-electron chi connectivity index (χ0n) is 24.1. The zero-order valence-corrected chi connectivity index (χ0v) is 24.1. The SMILES string of the molecule is CC(=O)N(CC1CC(C)C2C(O1)C(O)C1(N)C3CCC4C(C)(C)C(O)CCC45CC35CCC21C)C1COC1. The summed E-state index contributed by atoms with van der Waals surface area (Å²) in [5.41, 5.74) is 7.25. The van der Waals surface area contributed by atoms with E-state index in [1.165, 1.54) is 12.8 Å². The van der Waals surface area contributed by atoms with E-state index in [-0.39, 0.29) is 57.8 Å². The molecule has 0 radical (unpaired) electrons. The van der Waals surface area contributed by atoms with Crippen molar-refractivity contribution in [3.05, 3.63) is 0 Å². The van der Waals surface area contributed by atoms with Gasteiger partial charge in [-0.1, -0.05) is 27.7 Å². The smallest absolute Gasteiger partial charge is 0.219 e. The summed E-state index contributed by atoms with van der Waals surface area (Å²) >= 11 is 0. The van der Waals surface area contributed by atoms with Gasteiger partial charge in [0.15, 0.2) is 0 Å². The normalized spacial score (nSPS) is 56.4. The molecule has 12 unspecified atom stereocenters. The Morgan fingerprint density at radius 1 is 1.03 bits per heavy atom. The Morgan fingerprint density at radius 2 is 1.71 bits per heavy atom. The standard InChI is InChI=1S/C31H50N2O5/c1-17-12-20(13-33(18(2)34)19-14-37-15-19)38-25-24(17)28(5)10-11-30-16-29(30)9-8-23(35)27(3,4)21(29)6-7-22(30)31(28,32)26(25)36/h17,19-26,35-36H,6-16,32H2,1-5H3. The lowest BCUT2D eigenvalue weighted by Gasteiger charge is -2.63. The first-order chi connectivity index (χ1) is 17.8. The molecule has 7 fully saturated rings.